The van der Waals surface area contributed by atoms with Crippen molar-refractivity contribution in [1.29, 1.82) is 0 Å². The van der Waals surface area contributed by atoms with Gasteiger partial charge in [-0.1, -0.05) is 13.3 Å². The van der Waals surface area contributed by atoms with Gasteiger partial charge in [-0.3, -0.25) is 8.75 Å². The van der Waals surface area contributed by atoms with Gasteiger partial charge < -0.3 is 9.84 Å². The third-order valence-corrected chi connectivity index (χ3v) is 4.30. The highest BCUT2D eigenvalue weighted by Crippen LogP contribution is 2.31. The Labute approximate surface area is 138 Å². The monoisotopic (exact) mass is 357 g/mol. The fraction of sp³-hybridized carbons (Fsp3) is 0.615. The standard InChI is InChI=1S/C13H19N5O5S/c1-2-3-8-12-13(16-6-15-8)18(7-17-12)11-4-9(19)10(23-11)5-22-24(14,20)21/h6-7,9-11,19H,2-5H2,1H3,(H2,14,20,21)/t9-,10+,11+/m0/s1. The molecule has 0 spiro atoms. The van der Waals surface area contributed by atoms with Crippen molar-refractivity contribution in [1.82, 2.24) is 19.5 Å². The molecule has 0 aromatic carbocycles. The molecule has 0 amide bonds. The van der Waals surface area contributed by atoms with Crippen LogP contribution in [0.3, 0.4) is 0 Å². The van der Waals surface area contributed by atoms with Crippen LogP contribution in [-0.4, -0.2) is 51.9 Å². The van der Waals surface area contributed by atoms with E-state index >= 15 is 0 Å². The number of nitrogens with zero attached hydrogens (tertiary/aromatic N) is 4. The van der Waals surface area contributed by atoms with Crippen LogP contribution in [0.15, 0.2) is 12.7 Å². The third kappa shape index (κ3) is 3.54. The summed E-state index contributed by atoms with van der Waals surface area (Å²) in [5.41, 5.74) is 2.16. The topological polar surface area (TPSA) is 142 Å². The quantitative estimate of drug-likeness (QED) is 0.714. The zero-order valence-corrected chi connectivity index (χ0v) is 13.9. The number of hydrogen-bond acceptors (Lipinski definition) is 8. The summed E-state index contributed by atoms with van der Waals surface area (Å²) in [6.45, 7) is 1.71. The van der Waals surface area contributed by atoms with Crippen molar-refractivity contribution in [3.8, 4) is 0 Å². The maximum Gasteiger partial charge on any atom is 0.333 e. The highest BCUT2D eigenvalue weighted by molar-refractivity contribution is 7.84. The zero-order valence-electron chi connectivity index (χ0n) is 13.1. The Bertz CT molecular complexity index is 823. The van der Waals surface area contributed by atoms with Crippen LogP contribution in [0.5, 0.6) is 0 Å². The van der Waals surface area contributed by atoms with Gasteiger partial charge in [-0.05, 0) is 6.42 Å². The molecule has 3 heterocycles. The molecular weight excluding hydrogens is 338 g/mol. The molecule has 0 bridgehead atoms. The van der Waals surface area contributed by atoms with Gasteiger partial charge in [0.05, 0.1) is 24.7 Å². The average molecular weight is 357 g/mol. The van der Waals surface area contributed by atoms with Gasteiger partial charge in [-0.25, -0.2) is 20.1 Å². The second-order valence-electron chi connectivity index (χ2n) is 5.60. The van der Waals surface area contributed by atoms with Crippen LogP contribution >= 0.6 is 0 Å². The lowest BCUT2D eigenvalue weighted by Crippen LogP contribution is -2.30. The molecule has 3 rings (SSSR count). The summed E-state index contributed by atoms with van der Waals surface area (Å²) in [7, 11) is -4.08. The van der Waals surface area contributed by atoms with Crippen LogP contribution in [0, 0.1) is 0 Å². The van der Waals surface area contributed by atoms with Crippen molar-refractivity contribution in [3.05, 3.63) is 18.3 Å². The van der Waals surface area contributed by atoms with E-state index in [1.165, 1.54) is 6.33 Å². The van der Waals surface area contributed by atoms with Crippen molar-refractivity contribution in [3.63, 3.8) is 0 Å². The maximum atomic E-state index is 10.9. The summed E-state index contributed by atoms with van der Waals surface area (Å²) < 4.78 is 33.6. The summed E-state index contributed by atoms with van der Waals surface area (Å²) in [6, 6.07) is 0. The van der Waals surface area contributed by atoms with Gasteiger partial charge in [-0.15, -0.1) is 0 Å². The lowest BCUT2D eigenvalue weighted by atomic mass is 10.2. The van der Waals surface area contributed by atoms with Gasteiger partial charge in [0.25, 0.3) is 0 Å². The molecule has 0 aliphatic carbocycles. The molecule has 1 aliphatic heterocycles. The molecule has 2 aromatic heterocycles. The molecule has 3 atom stereocenters. The Hall–Kier alpha value is -1.66. The minimum atomic E-state index is -4.08. The van der Waals surface area contributed by atoms with E-state index in [9.17, 15) is 13.5 Å². The number of imidazole rings is 1. The minimum absolute atomic E-state index is 0.261. The molecule has 0 saturated carbocycles. The summed E-state index contributed by atoms with van der Waals surface area (Å²) in [5, 5.41) is 14.8. The summed E-state index contributed by atoms with van der Waals surface area (Å²) in [6.07, 6.45) is 2.83. The van der Waals surface area contributed by atoms with Gasteiger partial charge in [0.2, 0.25) is 0 Å². The van der Waals surface area contributed by atoms with Crippen LogP contribution in [0.25, 0.3) is 11.2 Å². The molecule has 0 unspecified atom stereocenters. The van der Waals surface area contributed by atoms with Crippen LogP contribution in [0.2, 0.25) is 0 Å². The SMILES string of the molecule is CCCc1ncnc2c1ncn2[C@H]1C[C@H](O)[C@@H](COS(N)(=O)=O)O1. The summed E-state index contributed by atoms with van der Waals surface area (Å²) in [4.78, 5) is 12.8. The molecule has 3 N–H and O–H groups in total. The maximum absolute atomic E-state index is 10.9. The van der Waals surface area contributed by atoms with Crippen LogP contribution < -0.4 is 5.14 Å². The number of fused-ring (bicyclic) bond motifs is 1. The van der Waals surface area contributed by atoms with Gasteiger partial charge in [0.15, 0.2) is 5.65 Å². The largest absolute Gasteiger partial charge is 0.390 e. The van der Waals surface area contributed by atoms with Crippen molar-refractivity contribution in [2.75, 3.05) is 6.61 Å². The third-order valence-electron chi connectivity index (χ3n) is 3.83. The Kier molecular flexibility index (Phi) is 4.78. The first-order valence-corrected chi connectivity index (χ1v) is 9.03. The predicted octanol–water partition coefficient (Wildman–Crippen LogP) is -0.353. The first kappa shape index (κ1) is 17.2. The second kappa shape index (κ2) is 6.69. The Morgan fingerprint density at radius 3 is 2.96 bits per heavy atom. The van der Waals surface area contributed by atoms with E-state index in [1.807, 2.05) is 0 Å². The molecule has 0 radical (unpaired) electrons. The summed E-state index contributed by atoms with van der Waals surface area (Å²) >= 11 is 0. The molecular formula is C13H19N5O5S. The van der Waals surface area contributed by atoms with E-state index in [4.69, 9.17) is 9.88 Å². The molecule has 1 saturated heterocycles. The highest BCUT2D eigenvalue weighted by Gasteiger charge is 2.36. The molecule has 132 valence electrons. The van der Waals surface area contributed by atoms with E-state index in [1.54, 1.807) is 10.9 Å². The van der Waals surface area contributed by atoms with E-state index in [0.29, 0.717) is 11.2 Å². The van der Waals surface area contributed by atoms with Crippen LogP contribution in [0.4, 0.5) is 0 Å². The van der Waals surface area contributed by atoms with Crippen LogP contribution in [-0.2, 0) is 25.6 Å². The fourth-order valence-corrected chi connectivity index (χ4v) is 3.05. The van der Waals surface area contributed by atoms with Crippen molar-refractivity contribution >= 4 is 21.5 Å². The number of aryl methyl sites for hydroxylation is 1. The minimum Gasteiger partial charge on any atom is -0.390 e. The van der Waals surface area contributed by atoms with Crippen LogP contribution in [0.1, 0.15) is 31.7 Å². The Balaban J connectivity index is 1.80. The van der Waals surface area contributed by atoms with Gasteiger partial charge >= 0.3 is 10.3 Å². The number of rotatable bonds is 6. The first-order valence-electron chi connectivity index (χ1n) is 7.56. The number of nitrogens with two attached hydrogens (primary N) is 1. The molecule has 11 heteroatoms. The van der Waals surface area contributed by atoms with Crippen molar-refractivity contribution in [2.24, 2.45) is 5.14 Å². The smallest absolute Gasteiger partial charge is 0.333 e. The number of aromatic nitrogens is 4. The normalized spacial score (nSPS) is 24.7. The Morgan fingerprint density at radius 1 is 1.46 bits per heavy atom. The summed E-state index contributed by atoms with van der Waals surface area (Å²) in [5.74, 6) is 0. The molecule has 1 aliphatic rings. The molecule has 2 aromatic rings. The average Bonchev–Trinajstić information content (AvgIpc) is 3.09. The first-order chi connectivity index (χ1) is 11.4. The molecule has 24 heavy (non-hydrogen) atoms. The number of ether oxygens (including phenoxy) is 1. The van der Waals surface area contributed by atoms with E-state index in [0.717, 1.165) is 18.5 Å². The lowest BCUT2D eigenvalue weighted by Gasteiger charge is -2.15. The van der Waals surface area contributed by atoms with Crippen molar-refractivity contribution in [2.45, 2.75) is 44.6 Å². The predicted molar refractivity (Wildman–Crippen MR) is 82.9 cm³/mol. The van der Waals surface area contributed by atoms with Gasteiger partial charge in [-0.2, -0.15) is 8.42 Å². The second-order valence-corrected chi connectivity index (χ2v) is 6.83. The Morgan fingerprint density at radius 2 is 2.25 bits per heavy atom. The lowest BCUT2D eigenvalue weighted by molar-refractivity contribution is -0.0371. The van der Waals surface area contributed by atoms with Gasteiger partial charge in [0.1, 0.15) is 24.2 Å². The number of aliphatic hydroxyl groups is 1. The van der Waals surface area contributed by atoms with E-state index in [-0.39, 0.29) is 13.0 Å². The fourth-order valence-electron chi connectivity index (χ4n) is 2.73. The number of hydrogen-bond donors (Lipinski definition) is 2. The van der Waals surface area contributed by atoms with Gasteiger partial charge in [0, 0.05) is 6.42 Å². The van der Waals surface area contributed by atoms with E-state index < -0.39 is 28.7 Å². The highest BCUT2D eigenvalue weighted by atomic mass is 32.2. The number of aliphatic hydroxyl groups excluding tert-OH is 1. The van der Waals surface area contributed by atoms with Crippen molar-refractivity contribution < 1.29 is 22.4 Å². The van der Waals surface area contributed by atoms with E-state index in [2.05, 4.69) is 26.1 Å². The molecule has 1 fully saturated rings. The zero-order chi connectivity index (χ0) is 17.3. The molecule has 10 nitrogen and oxygen atoms in total.